The molecule has 0 bridgehead atoms. The first-order chi connectivity index (χ1) is 12.8. The molecular weight excluding hydrogens is 366 g/mol. The van der Waals surface area contributed by atoms with Crippen LogP contribution in [-0.2, 0) is 9.84 Å². The summed E-state index contributed by atoms with van der Waals surface area (Å²) in [7, 11) is -2.97. The Labute approximate surface area is 162 Å². The second-order valence-electron chi connectivity index (χ2n) is 7.94. The zero-order valence-electron chi connectivity index (χ0n) is 16.0. The highest BCUT2D eigenvalue weighted by Gasteiger charge is 2.38. The molecule has 0 spiro atoms. The van der Waals surface area contributed by atoms with E-state index >= 15 is 0 Å². The summed E-state index contributed by atoms with van der Waals surface area (Å²) >= 11 is 0. The lowest BCUT2D eigenvalue weighted by Crippen LogP contribution is -2.50. The van der Waals surface area contributed by atoms with E-state index in [1.807, 2.05) is 31.2 Å². The average Bonchev–Trinajstić information content (AvgIpc) is 2.66. The van der Waals surface area contributed by atoms with Crippen molar-refractivity contribution >= 4 is 9.84 Å². The van der Waals surface area contributed by atoms with E-state index in [1.54, 1.807) is 0 Å². The summed E-state index contributed by atoms with van der Waals surface area (Å²) in [5.41, 5.74) is 0.0133. The number of sulfone groups is 1. The predicted molar refractivity (Wildman–Crippen MR) is 105 cm³/mol. The van der Waals surface area contributed by atoms with E-state index in [0.29, 0.717) is 26.0 Å². The molecular formula is C20H31NO5S. The molecule has 2 saturated heterocycles. The molecule has 3 rings (SSSR count). The molecule has 0 saturated carbocycles. The molecule has 2 fully saturated rings. The van der Waals surface area contributed by atoms with Gasteiger partial charge in [-0.05, 0) is 69.3 Å². The van der Waals surface area contributed by atoms with Gasteiger partial charge in [0.05, 0.1) is 29.8 Å². The van der Waals surface area contributed by atoms with Crippen molar-refractivity contribution in [3.63, 3.8) is 0 Å². The molecule has 0 amide bonds. The number of aliphatic hydroxyl groups excluding tert-OH is 1. The minimum Gasteiger partial charge on any atom is -0.494 e. The Balaban J connectivity index is 1.49. The van der Waals surface area contributed by atoms with Crippen molar-refractivity contribution in [2.24, 2.45) is 5.92 Å². The lowest BCUT2D eigenvalue weighted by Gasteiger charge is -2.40. The van der Waals surface area contributed by atoms with Crippen molar-refractivity contribution in [3.8, 4) is 5.75 Å². The maximum Gasteiger partial charge on any atom is 0.150 e. The van der Waals surface area contributed by atoms with Gasteiger partial charge in [0.25, 0.3) is 0 Å². The molecule has 1 aromatic carbocycles. The molecule has 7 heteroatoms. The molecule has 1 aromatic rings. The van der Waals surface area contributed by atoms with Gasteiger partial charge in [0.1, 0.15) is 5.75 Å². The largest absolute Gasteiger partial charge is 0.494 e. The van der Waals surface area contributed by atoms with Crippen LogP contribution in [0.2, 0.25) is 0 Å². The van der Waals surface area contributed by atoms with Crippen molar-refractivity contribution < 1.29 is 23.4 Å². The standard InChI is InChI=1S/C20H31NO5S/c1-2-26-18-5-3-16(4-6-18)19(22)17-7-11-21(12-8-17)15-20(23)9-13-27(24,25)14-10-20/h3-6,17,19,22-23H,2,7-15H2,1H3. The molecule has 2 aliphatic heterocycles. The maximum absolute atomic E-state index is 11.6. The summed E-state index contributed by atoms with van der Waals surface area (Å²) in [5, 5.41) is 21.4. The fourth-order valence-electron chi connectivity index (χ4n) is 4.12. The number of β-amino-alcohol motifs (C(OH)–C–C–N with tert-alkyl or cyclic N) is 1. The van der Waals surface area contributed by atoms with E-state index in [0.717, 1.165) is 37.2 Å². The molecule has 27 heavy (non-hydrogen) atoms. The summed E-state index contributed by atoms with van der Waals surface area (Å²) in [6, 6.07) is 7.63. The van der Waals surface area contributed by atoms with Gasteiger partial charge in [-0.2, -0.15) is 0 Å². The first-order valence-corrected chi connectivity index (χ1v) is 11.7. The van der Waals surface area contributed by atoms with Gasteiger partial charge in [-0.3, -0.25) is 0 Å². The summed E-state index contributed by atoms with van der Waals surface area (Å²) in [6.45, 7) is 4.72. The van der Waals surface area contributed by atoms with E-state index in [2.05, 4.69) is 4.90 Å². The Morgan fingerprint density at radius 2 is 1.78 bits per heavy atom. The summed E-state index contributed by atoms with van der Waals surface area (Å²) in [6.07, 6.45) is 1.88. The van der Waals surface area contributed by atoms with Gasteiger partial charge in [0.15, 0.2) is 9.84 Å². The third kappa shape index (κ3) is 5.44. The zero-order valence-corrected chi connectivity index (χ0v) is 16.8. The highest BCUT2D eigenvalue weighted by Crippen LogP contribution is 2.33. The lowest BCUT2D eigenvalue weighted by molar-refractivity contribution is -0.0215. The molecule has 0 aliphatic carbocycles. The van der Waals surface area contributed by atoms with Crippen LogP contribution in [0.15, 0.2) is 24.3 Å². The molecule has 152 valence electrons. The van der Waals surface area contributed by atoms with Crippen molar-refractivity contribution in [2.75, 3.05) is 37.7 Å². The Kier molecular flexibility index (Phi) is 6.46. The summed E-state index contributed by atoms with van der Waals surface area (Å²) in [5.74, 6) is 1.17. The SMILES string of the molecule is CCOc1ccc(C(O)C2CCN(CC3(O)CCS(=O)(=O)CC3)CC2)cc1. The zero-order chi connectivity index (χ0) is 19.5. The minimum atomic E-state index is -2.97. The highest BCUT2D eigenvalue weighted by atomic mass is 32.2. The van der Waals surface area contributed by atoms with Gasteiger partial charge < -0.3 is 19.8 Å². The van der Waals surface area contributed by atoms with Crippen molar-refractivity contribution in [3.05, 3.63) is 29.8 Å². The number of piperidine rings is 1. The lowest BCUT2D eigenvalue weighted by atomic mass is 9.86. The minimum absolute atomic E-state index is 0.0798. The second kappa shape index (κ2) is 8.47. The van der Waals surface area contributed by atoms with Gasteiger partial charge in [-0.15, -0.1) is 0 Å². The average molecular weight is 398 g/mol. The van der Waals surface area contributed by atoms with Crippen molar-refractivity contribution in [2.45, 2.75) is 44.3 Å². The van der Waals surface area contributed by atoms with E-state index in [-0.39, 0.29) is 17.4 Å². The van der Waals surface area contributed by atoms with Crippen LogP contribution in [0.25, 0.3) is 0 Å². The normalized spacial score (nSPS) is 24.4. The third-order valence-electron chi connectivity index (χ3n) is 5.89. The van der Waals surface area contributed by atoms with Crippen LogP contribution in [0.1, 0.15) is 44.3 Å². The monoisotopic (exact) mass is 397 g/mol. The van der Waals surface area contributed by atoms with Gasteiger partial charge in [0, 0.05) is 6.54 Å². The number of benzene rings is 1. The molecule has 0 radical (unpaired) electrons. The Morgan fingerprint density at radius 1 is 1.19 bits per heavy atom. The van der Waals surface area contributed by atoms with Crippen LogP contribution in [0, 0.1) is 5.92 Å². The number of ether oxygens (including phenoxy) is 1. The van der Waals surface area contributed by atoms with Crippen LogP contribution in [0.4, 0.5) is 0 Å². The van der Waals surface area contributed by atoms with Crippen LogP contribution in [0.3, 0.4) is 0 Å². The van der Waals surface area contributed by atoms with Gasteiger partial charge in [-0.25, -0.2) is 8.42 Å². The first kappa shape index (κ1) is 20.6. The molecule has 1 atom stereocenters. The maximum atomic E-state index is 11.6. The number of aliphatic hydroxyl groups is 2. The summed E-state index contributed by atoms with van der Waals surface area (Å²) < 4.78 is 28.6. The summed E-state index contributed by atoms with van der Waals surface area (Å²) in [4.78, 5) is 2.21. The molecule has 2 aliphatic rings. The van der Waals surface area contributed by atoms with Crippen LogP contribution < -0.4 is 4.74 Å². The highest BCUT2D eigenvalue weighted by molar-refractivity contribution is 7.91. The number of rotatable bonds is 6. The van der Waals surface area contributed by atoms with E-state index in [9.17, 15) is 18.6 Å². The van der Waals surface area contributed by atoms with E-state index in [4.69, 9.17) is 4.74 Å². The van der Waals surface area contributed by atoms with Crippen LogP contribution >= 0.6 is 0 Å². The van der Waals surface area contributed by atoms with E-state index < -0.39 is 21.5 Å². The molecule has 0 aromatic heterocycles. The second-order valence-corrected chi connectivity index (χ2v) is 10.2. The predicted octanol–water partition coefficient (Wildman–Crippen LogP) is 1.77. The fourth-order valence-corrected chi connectivity index (χ4v) is 5.71. The smallest absolute Gasteiger partial charge is 0.150 e. The molecule has 1 unspecified atom stereocenters. The Bertz CT molecular complexity index is 696. The number of hydrogen-bond acceptors (Lipinski definition) is 6. The molecule has 2 heterocycles. The third-order valence-corrected chi connectivity index (χ3v) is 7.54. The first-order valence-electron chi connectivity index (χ1n) is 9.86. The Hall–Kier alpha value is -1.15. The van der Waals surface area contributed by atoms with Crippen LogP contribution in [-0.4, -0.2) is 66.9 Å². The topological polar surface area (TPSA) is 87.1 Å². The number of nitrogens with zero attached hydrogens (tertiary/aromatic N) is 1. The van der Waals surface area contributed by atoms with Crippen LogP contribution in [0.5, 0.6) is 5.75 Å². The molecule has 2 N–H and O–H groups in total. The van der Waals surface area contributed by atoms with Gasteiger partial charge in [-0.1, -0.05) is 12.1 Å². The fraction of sp³-hybridized carbons (Fsp3) is 0.700. The quantitative estimate of drug-likeness (QED) is 0.761. The number of hydrogen-bond donors (Lipinski definition) is 2. The number of likely N-dealkylation sites (tertiary alicyclic amines) is 1. The van der Waals surface area contributed by atoms with Gasteiger partial charge >= 0.3 is 0 Å². The van der Waals surface area contributed by atoms with Crippen molar-refractivity contribution in [1.29, 1.82) is 0 Å². The Morgan fingerprint density at radius 3 is 2.33 bits per heavy atom. The molecule has 6 nitrogen and oxygen atoms in total. The van der Waals surface area contributed by atoms with Gasteiger partial charge in [0.2, 0.25) is 0 Å². The van der Waals surface area contributed by atoms with Crippen molar-refractivity contribution in [1.82, 2.24) is 4.90 Å². The van der Waals surface area contributed by atoms with E-state index in [1.165, 1.54) is 0 Å².